The molecular weight excluding hydrogens is 385 g/mol. The van der Waals surface area contributed by atoms with Crippen molar-refractivity contribution in [3.63, 3.8) is 0 Å². The third kappa shape index (κ3) is 2.96. The summed E-state index contributed by atoms with van der Waals surface area (Å²) in [7, 11) is 0. The molecular formula is C21H19Cl2NO3. The van der Waals surface area contributed by atoms with E-state index in [1.807, 2.05) is 38.1 Å². The zero-order chi connectivity index (χ0) is 19.3. The number of halogens is 2. The van der Waals surface area contributed by atoms with Crippen LogP contribution < -0.4 is 0 Å². The number of carbonyl (C=O) groups is 1. The van der Waals surface area contributed by atoms with E-state index in [2.05, 4.69) is 4.98 Å². The van der Waals surface area contributed by atoms with E-state index in [0.717, 1.165) is 22.3 Å². The van der Waals surface area contributed by atoms with E-state index < -0.39 is 11.7 Å². The molecule has 1 aromatic heterocycles. The van der Waals surface area contributed by atoms with E-state index in [9.17, 15) is 9.90 Å². The number of pyridine rings is 1. The molecule has 0 saturated carbocycles. The monoisotopic (exact) mass is 403 g/mol. The number of aromatic nitrogens is 1. The predicted molar refractivity (Wildman–Crippen MR) is 106 cm³/mol. The van der Waals surface area contributed by atoms with Gasteiger partial charge in [0.1, 0.15) is 27.8 Å². The Labute approximate surface area is 167 Å². The lowest BCUT2D eigenvalue weighted by atomic mass is 9.87. The molecule has 27 heavy (non-hydrogen) atoms. The number of aliphatic hydroxyl groups is 1. The third-order valence-corrected chi connectivity index (χ3v) is 5.94. The molecule has 4 nitrogen and oxygen atoms in total. The standard InChI is InChI=1S/C21H19Cl2NO3/c1-3-11-10-12(14-6-7-16(22)24-20(14)23)4-5-13(11)17-18(25)15-8-9-21(2,27-15)19(17)26/h4-7,10,15,26H,3,8-9H2,1-2H3/t15-,21+/m0/s1. The second-order valence-electron chi connectivity index (χ2n) is 7.16. The highest BCUT2D eigenvalue weighted by Gasteiger charge is 2.50. The first kappa shape index (κ1) is 18.5. The van der Waals surface area contributed by atoms with Gasteiger partial charge < -0.3 is 9.84 Å². The van der Waals surface area contributed by atoms with Crippen molar-refractivity contribution in [1.82, 2.24) is 4.98 Å². The van der Waals surface area contributed by atoms with Crippen molar-refractivity contribution in [3.8, 4) is 11.1 Å². The first-order valence-electron chi connectivity index (χ1n) is 8.95. The van der Waals surface area contributed by atoms with Crippen LogP contribution in [-0.2, 0) is 16.0 Å². The molecule has 0 radical (unpaired) electrons. The molecule has 3 heterocycles. The molecule has 2 atom stereocenters. The van der Waals surface area contributed by atoms with E-state index in [1.54, 1.807) is 6.07 Å². The van der Waals surface area contributed by atoms with Crippen molar-refractivity contribution in [2.75, 3.05) is 0 Å². The summed E-state index contributed by atoms with van der Waals surface area (Å²) in [4.78, 5) is 17.0. The average Bonchev–Trinajstić information content (AvgIpc) is 3.02. The summed E-state index contributed by atoms with van der Waals surface area (Å²) in [5, 5.41) is 11.5. The average molecular weight is 404 g/mol. The summed E-state index contributed by atoms with van der Waals surface area (Å²) >= 11 is 12.1. The van der Waals surface area contributed by atoms with Gasteiger partial charge in [-0.25, -0.2) is 4.98 Å². The van der Waals surface area contributed by atoms with Gasteiger partial charge in [-0.3, -0.25) is 4.79 Å². The maximum atomic E-state index is 12.9. The fourth-order valence-electron chi connectivity index (χ4n) is 3.92. The number of ketones is 1. The van der Waals surface area contributed by atoms with Gasteiger partial charge in [-0.15, -0.1) is 0 Å². The number of carbonyl (C=O) groups excluding carboxylic acids is 1. The molecule has 0 amide bonds. The van der Waals surface area contributed by atoms with Crippen molar-refractivity contribution >= 4 is 34.6 Å². The van der Waals surface area contributed by atoms with Crippen LogP contribution >= 0.6 is 23.2 Å². The zero-order valence-electron chi connectivity index (χ0n) is 15.1. The van der Waals surface area contributed by atoms with Crippen LogP contribution in [0.4, 0.5) is 0 Å². The Balaban J connectivity index is 1.84. The molecule has 1 N–H and O–H groups in total. The van der Waals surface area contributed by atoms with Crippen LogP contribution in [0.5, 0.6) is 0 Å². The largest absolute Gasteiger partial charge is 0.508 e. The predicted octanol–water partition coefficient (Wildman–Crippen LogP) is 5.41. The SMILES string of the molecule is CCc1cc(-c2ccc(Cl)nc2Cl)ccc1C1=C(O)[C@@]2(C)CC[C@H](O2)C1=O. The molecule has 1 saturated heterocycles. The van der Waals surface area contributed by atoms with Gasteiger partial charge in [-0.05, 0) is 55.0 Å². The highest BCUT2D eigenvalue weighted by Crippen LogP contribution is 2.45. The smallest absolute Gasteiger partial charge is 0.195 e. The van der Waals surface area contributed by atoms with Crippen LogP contribution in [0.1, 0.15) is 37.8 Å². The van der Waals surface area contributed by atoms with Gasteiger partial charge in [0.15, 0.2) is 5.78 Å². The van der Waals surface area contributed by atoms with Gasteiger partial charge in [0.2, 0.25) is 0 Å². The van der Waals surface area contributed by atoms with Crippen LogP contribution in [0.2, 0.25) is 10.3 Å². The Kier molecular flexibility index (Phi) is 4.53. The molecule has 4 rings (SSSR count). The number of hydrogen-bond acceptors (Lipinski definition) is 4. The van der Waals surface area contributed by atoms with Gasteiger partial charge in [0.25, 0.3) is 0 Å². The van der Waals surface area contributed by atoms with E-state index in [-0.39, 0.29) is 11.5 Å². The fourth-order valence-corrected chi connectivity index (χ4v) is 4.38. The lowest BCUT2D eigenvalue weighted by Gasteiger charge is -2.31. The van der Waals surface area contributed by atoms with E-state index in [0.29, 0.717) is 35.1 Å². The summed E-state index contributed by atoms with van der Waals surface area (Å²) in [5.41, 5.74) is 2.97. The number of hydrogen-bond donors (Lipinski definition) is 1. The van der Waals surface area contributed by atoms with E-state index in [1.165, 1.54) is 0 Å². The van der Waals surface area contributed by atoms with Crippen molar-refractivity contribution in [2.45, 2.75) is 44.8 Å². The van der Waals surface area contributed by atoms with E-state index >= 15 is 0 Å². The molecule has 0 aliphatic carbocycles. The summed E-state index contributed by atoms with van der Waals surface area (Å²) in [6.45, 7) is 3.86. The fraction of sp³-hybridized carbons (Fsp3) is 0.333. The zero-order valence-corrected chi connectivity index (χ0v) is 16.6. The Morgan fingerprint density at radius 3 is 2.70 bits per heavy atom. The molecule has 1 aromatic carbocycles. The van der Waals surface area contributed by atoms with Crippen LogP contribution in [0.3, 0.4) is 0 Å². The van der Waals surface area contributed by atoms with Crippen molar-refractivity contribution in [1.29, 1.82) is 0 Å². The molecule has 2 aliphatic heterocycles. The minimum absolute atomic E-state index is 0.0369. The van der Waals surface area contributed by atoms with Crippen molar-refractivity contribution in [2.24, 2.45) is 0 Å². The third-order valence-electron chi connectivity index (χ3n) is 5.44. The van der Waals surface area contributed by atoms with Gasteiger partial charge in [-0.1, -0.05) is 48.3 Å². The number of Topliss-reactive ketones (excluding diaryl/α,β-unsaturated/α-hetero) is 1. The summed E-state index contributed by atoms with van der Waals surface area (Å²) in [5.74, 6) is -0.106. The summed E-state index contributed by atoms with van der Waals surface area (Å²) in [6, 6.07) is 9.26. The van der Waals surface area contributed by atoms with Crippen LogP contribution in [0.15, 0.2) is 36.1 Å². The molecule has 140 valence electrons. The number of aryl methyl sites for hydroxylation is 1. The Morgan fingerprint density at radius 1 is 1.26 bits per heavy atom. The maximum Gasteiger partial charge on any atom is 0.195 e. The molecule has 0 unspecified atom stereocenters. The van der Waals surface area contributed by atoms with Gasteiger partial charge in [0.05, 0.1) is 5.57 Å². The normalized spacial score (nSPS) is 24.6. The number of nitrogens with zero attached hydrogens (tertiary/aromatic N) is 1. The van der Waals surface area contributed by atoms with Gasteiger partial charge in [0, 0.05) is 5.56 Å². The highest BCUT2D eigenvalue weighted by molar-refractivity contribution is 6.34. The Bertz CT molecular complexity index is 985. The van der Waals surface area contributed by atoms with Crippen LogP contribution in [-0.4, -0.2) is 27.6 Å². The second-order valence-corrected chi connectivity index (χ2v) is 7.91. The summed E-state index contributed by atoms with van der Waals surface area (Å²) < 4.78 is 5.76. The quantitative estimate of drug-likeness (QED) is 0.696. The molecule has 1 fully saturated rings. The number of fused-ring (bicyclic) bond motifs is 2. The molecule has 2 bridgehead atoms. The lowest BCUT2D eigenvalue weighted by Crippen LogP contribution is -2.37. The second kappa shape index (κ2) is 6.62. The lowest BCUT2D eigenvalue weighted by molar-refractivity contribution is -0.130. The van der Waals surface area contributed by atoms with E-state index in [4.69, 9.17) is 27.9 Å². The minimum atomic E-state index is -0.777. The summed E-state index contributed by atoms with van der Waals surface area (Å²) in [6.07, 6.45) is 1.51. The van der Waals surface area contributed by atoms with Crippen molar-refractivity contribution in [3.05, 3.63) is 57.5 Å². The molecule has 6 heteroatoms. The number of ether oxygens (including phenoxy) is 1. The van der Waals surface area contributed by atoms with Gasteiger partial charge >= 0.3 is 0 Å². The van der Waals surface area contributed by atoms with Crippen LogP contribution in [0, 0.1) is 0 Å². The van der Waals surface area contributed by atoms with Crippen LogP contribution in [0.25, 0.3) is 16.7 Å². The first-order chi connectivity index (χ1) is 12.8. The number of rotatable bonds is 3. The Morgan fingerprint density at radius 2 is 2.00 bits per heavy atom. The molecule has 0 spiro atoms. The molecule has 2 aliphatic rings. The minimum Gasteiger partial charge on any atom is -0.508 e. The topological polar surface area (TPSA) is 59.4 Å². The molecule has 2 aromatic rings. The van der Waals surface area contributed by atoms with Crippen molar-refractivity contribution < 1.29 is 14.6 Å². The first-order valence-corrected chi connectivity index (χ1v) is 9.71. The highest BCUT2D eigenvalue weighted by atomic mass is 35.5. The number of benzene rings is 1. The maximum absolute atomic E-state index is 12.9. The van der Waals surface area contributed by atoms with Gasteiger partial charge in [-0.2, -0.15) is 0 Å². The number of aliphatic hydroxyl groups excluding tert-OH is 1. The Hall–Kier alpha value is -1.88.